The number of nitrogens with two attached hydrogens (primary N) is 1. The van der Waals surface area contributed by atoms with Crippen molar-refractivity contribution >= 4 is 19.8 Å². The maximum Gasteiger partial charge on any atom is 0.472 e. The number of allylic oxidation sites excluding steroid dienone is 20. The Bertz CT molecular complexity index is 1710. The summed E-state index contributed by atoms with van der Waals surface area (Å²) in [6, 6.07) is 0. The van der Waals surface area contributed by atoms with Crippen molar-refractivity contribution < 1.29 is 37.6 Å². The molecule has 0 fully saturated rings. The fourth-order valence-corrected chi connectivity index (χ4v) is 9.46. The fourth-order valence-electron chi connectivity index (χ4n) is 8.69. The van der Waals surface area contributed by atoms with E-state index in [2.05, 4.69) is 135 Å². The normalized spacial score (nSPS) is 13.8. The van der Waals surface area contributed by atoms with Crippen molar-refractivity contribution in [1.82, 2.24) is 0 Å². The van der Waals surface area contributed by atoms with Crippen LogP contribution in [0.1, 0.15) is 271 Å². The first kappa shape index (κ1) is 75.4. The van der Waals surface area contributed by atoms with Crippen molar-refractivity contribution in [3.63, 3.8) is 0 Å². The molecule has 0 aromatic rings. The standard InChI is InChI=1S/C69H118NO8P/c1-3-5-7-9-11-13-15-17-19-21-23-25-27-29-31-33-35-37-39-41-43-45-47-49-51-53-55-57-59-61-68(71)75-65-67(66-77-79(73,74)76-64-63-70)78-69(72)62-60-58-56-54-52-50-48-46-44-42-40-38-36-34-32-30-28-26-24-22-20-18-16-14-12-10-8-6-4-2/h5-8,11-14,17-20,23-26,30,32,36,38,67H,3-4,9-10,15-16,21-22,27-29,31,33-35,37,39-66,70H2,1-2H3,(H,73,74)/b7-5-,8-6-,13-11-,14-12-,19-17-,20-18-,25-23-,26-24-,32-30-,38-36-. The molecule has 0 amide bonds. The second-order valence-corrected chi connectivity index (χ2v) is 22.3. The van der Waals surface area contributed by atoms with Gasteiger partial charge in [0, 0.05) is 19.4 Å². The fraction of sp³-hybridized carbons (Fsp3) is 0.681. The van der Waals surface area contributed by atoms with Gasteiger partial charge in [-0.1, -0.05) is 277 Å². The zero-order valence-corrected chi connectivity index (χ0v) is 51.5. The lowest BCUT2D eigenvalue weighted by atomic mass is 10.0. The van der Waals surface area contributed by atoms with Crippen LogP contribution in [-0.2, 0) is 32.7 Å². The Balaban J connectivity index is 3.95. The van der Waals surface area contributed by atoms with E-state index in [0.29, 0.717) is 6.42 Å². The molecule has 0 aliphatic heterocycles. The molecule has 9 nitrogen and oxygen atoms in total. The van der Waals surface area contributed by atoms with Gasteiger partial charge in [0.2, 0.25) is 0 Å². The second kappa shape index (κ2) is 63.6. The van der Waals surface area contributed by atoms with Gasteiger partial charge in [0.1, 0.15) is 6.61 Å². The molecule has 0 aromatic heterocycles. The summed E-state index contributed by atoms with van der Waals surface area (Å²) in [7, 11) is -4.40. The highest BCUT2D eigenvalue weighted by molar-refractivity contribution is 7.47. The van der Waals surface area contributed by atoms with E-state index in [1.807, 2.05) is 0 Å². The Labute approximate surface area is 485 Å². The Hall–Kier alpha value is -3.59. The molecule has 10 heteroatoms. The van der Waals surface area contributed by atoms with Crippen LogP contribution in [0.25, 0.3) is 0 Å². The van der Waals surface area contributed by atoms with Crippen molar-refractivity contribution in [2.75, 3.05) is 26.4 Å². The van der Waals surface area contributed by atoms with Crippen LogP contribution in [0.5, 0.6) is 0 Å². The summed E-state index contributed by atoms with van der Waals surface area (Å²) < 4.78 is 33.1. The highest BCUT2D eigenvalue weighted by atomic mass is 31.2. The van der Waals surface area contributed by atoms with E-state index < -0.39 is 26.5 Å². The van der Waals surface area contributed by atoms with Gasteiger partial charge in [-0.25, -0.2) is 4.57 Å². The predicted octanol–water partition coefficient (Wildman–Crippen LogP) is 20.7. The average molecular weight is 1120 g/mol. The van der Waals surface area contributed by atoms with Crippen molar-refractivity contribution in [3.8, 4) is 0 Å². The number of rotatable bonds is 59. The Morgan fingerprint density at radius 2 is 0.658 bits per heavy atom. The lowest BCUT2D eigenvalue weighted by Crippen LogP contribution is -2.29. The van der Waals surface area contributed by atoms with Gasteiger partial charge in [0.05, 0.1) is 13.2 Å². The molecule has 0 heterocycles. The molecule has 0 bridgehead atoms. The maximum atomic E-state index is 12.7. The van der Waals surface area contributed by atoms with Crippen LogP contribution in [0.3, 0.4) is 0 Å². The van der Waals surface area contributed by atoms with Gasteiger partial charge in [-0.3, -0.25) is 18.6 Å². The third-order valence-electron chi connectivity index (χ3n) is 13.3. The topological polar surface area (TPSA) is 134 Å². The number of ether oxygens (including phenoxy) is 2. The van der Waals surface area contributed by atoms with Gasteiger partial charge in [-0.05, 0) is 103 Å². The molecule has 0 aromatic carbocycles. The monoisotopic (exact) mass is 1120 g/mol. The first-order valence-electron chi connectivity index (χ1n) is 32.0. The molecule has 79 heavy (non-hydrogen) atoms. The van der Waals surface area contributed by atoms with E-state index in [1.165, 1.54) is 128 Å². The van der Waals surface area contributed by atoms with E-state index >= 15 is 0 Å². The molecule has 0 aliphatic carbocycles. The molecule has 0 radical (unpaired) electrons. The summed E-state index contributed by atoms with van der Waals surface area (Å²) in [5, 5.41) is 0. The van der Waals surface area contributed by atoms with Crippen molar-refractivity contribution in [3.05, 3.63) is 122 Å². The number of esters is 2. The second-order valence-electron chi connectivity index (χ2n) is 20.9. The summed E-state index contributed by atoms with van der Waals surface area (Å²) in [5.74, 6) is -0.832. The minimum absolute atomic E-state index is 0.0480. The maximum absolute atomic E-state index is 12.7. The molecule has 2 unspecified atom stereocenters. The molecule has 0 saturated carbocycles. The van der Waals surface area contributed by atoms with Crippen LogP contribution in [0, 0.1) is 0 Å². The van der Waals surface area contributed by atoms with Crippen LogP contribution < -0.4 is 5.73 Å². The Kier molecular flexibility index (Phi) is 60.7. The third-order valence-corrected chi connectivity index (χ3v) is 14.3. The molecule has 0 saturated heterocycles. The summed E-state index contributed by atoms with van der Waals surface area (Å²) in [6.07, 6.45) is 88.3. The first-order chi connectivity index (χ1) is 38.8. The lowest BCUT2D eigenvalue weighted by Gasteiger charge is -2.19. The Morgan fingerprint density at radius 1 is 0.380 bits per heavy atom. The molecule has 452 valence electrons. The first-order valence-corrected chi connectivity index (χ1v) is 33.5. The highest BCUT2D eigenvalue weighted by Gasteiger charge is 2.26. The lowest BCUT2D eigenvalue weighted by molar-refractivity contribution is -0.161. The van der Waals surface area contributed by atoms with Crippen molar-refractivity contribution in [2.24, 2.45) is 5.73 Å². The number of hydrogen-bond donors (Lipinski definition) is 2. The number of phosphoric acid groups is 1. The predicted molar refractivity (Wildman–Crippen MR) is 339 cm³/mol. The van der Waals surface area contributed by atoms with Crippen LogP contribution in [0.2, 0.25) is 0 Å². The third kappa shape index (κ3) is 63.5. The Morgan fingerprint density at radius 3 is 0.975 bits per heavy atom. The largest absolute Gasteiger partial charge is 0.472 e. The van der Waals surface area contributed by atoms with E-state index in [0.717, 1.165) is 109 Å². The average Bonchev–Trinajstić information content (AvgIpc) is 3.44. The summed E-state index contributed by atoms with van der Waals surface area (Å²) in [5.41, 5.74) is 5.39. The molecular formula is C69H118NO8P. The van der Waals surface area contributed by atoms with E-state index in [4.69, 9.17) is 24.3 Å². The van der Waals surface area contributed by atoms with Crippen molar-refractivity contribution in [1.29, 1.82) is 0 Å². The number of phosphoric ester groups is 1. The number of carbonyl (C=O) groups excluding carboxylic acids is 2. The van der Waals surface area contributed by atoms with E-state index in [-0.39, 0.29) is 38.6 Å². The SMILES string of the molecule is CC/C=C\C/C=C\C/C=C\C/C=C\C/C=C\C/C=C\CCCCCCCCCCCCC(=O)OC(COC(=O)CCCCCCCCCCCCCCCCCC/C=C\C/C=C\C/C=C\C/C=C\CC)COP(=O)(O)OCCN. The van der Waals surface area contributed by atoms with Gasteiger partial charge in [-0.15, -0.1) is 0 Å². The zero-order chi connectivity index (χ0) is 57.3. The number of unbranched alkanes of at least 4 members (excludes halogenated alkanes) is 26. The van der Waals surface area contributed by atoms with E-state index in [9.17, 15) is 19.0 Å². The number of carbonyl (C=O) groups is 2. The van der Waals surface area contributed by atoms with Crippen molar-refractivity contribution in [2.45, 2.75) is 277 Å². The number of hydrogen-bond acceptors (Lipinski definition) is 8. The van der Waals surface area contributed by atoms with Gasteiger partial charge < -0.3 is 20.1 Å². The minimum Gasteiger partial charge on any atom is -0.462 e. The highest BCUT2D eigenvalue weighted by Crippen LogP contribution is 2.43. The summed E-state index contributed by atoms with van der Waals surface area (Å²) in [6.45, 7) is 3.53. The van der Waals surface area contributed by atoms with E-state index in [1.54, 1.807) is 0 Å². The molecule has 0 aliphatic rings. The summed E-state index contributed by atoms with van der Waals surface area (Å²) >= 11 is 0. The minimum atomic E-state index is -4.40. The molecule has 0 spiro atoms. The van der Waals surface area contributed by atoms with Gasteiger partial charge in [0.25, 0.3) is 0 Å². The smallest absolute Gasteiger partial charge is 0.462 e. The van der Waals surface area contributed by atoms with Crippen LogP contribution in [-0.4, -0.2) is 49.3 Å². The van der Waals surface area contributed by atoms with Gasteiger partial charge in [-0.2, -0.15) is 0 Å². The summed E-state index contributed by atoms with van der Waals surface area (Å²) in [4.78, 5) is 35.3. The van der Waals surface area contributed by atoms with Crippen LogP contribution in [0.4, 0.5) is 0 Å². The molecular weight excluding hydrogens is 1000 g/mol. The molecule has 0 rings (SSSR count). The zero-order valence-electron chi connectivity index (χ0n) is 50.6. The molecule has 2 atom stereocenters. The quantitative estimate of drug-likeness (QED) is 0.0264. The molecule has 3 N–H and O–H groups in total. The van der Waals surface area contributed by atoms with Gasteiger partial charge >= 0.3 is 19.8 Å². The van der Waals surface area contributed by atoms with Crippen LogP contribution in [0.15, 0.2) is 122 Å². The van der Waals surface area contributed by atoms with Crippen LogP contribution >= 0.6 is 7.82 Å². The van der Waals surface area contributed by atoms with Gasteiger partial charge in [0.15, 0.2) is 6.10 Å².